The molecule has 26 heavy (non-hydrogen) atoms. The number of carbonyl (C=O) groups is 2. The van der Waals surface area contributed by atoms with Crippen LogP contribution in [-0.4, -0.2) is 59.4 Å². The summed E-state index contributed by atoms with van der Waals surface area (Å²) in [5.74, 6) is 0.258. The molecule has 2 heterocycles. The largest absolute Gasteiger partial charge is 0.375 e. The summed E-state index contributed by atoms with van der Waals surface area (Å²) in [6.45, 7) is 6.05. The fourth-order valence-corrected chi connectivity index (χ4v) is 3.62. The van der Waals surface area contributed by atoms with Gasteiger partial charge in [0, 0.05) is 51.1 Å². The van der Waals surface area contributed by atoms with E-state index >= 15 is 0 Å². The highest BCUT2D eigenvalue weighted by atomic mass is 16.5. The highest BCUT2D eigenvalue weighted by molar-refractivity contribution is 5.80. The van der Waals surface area contributed by atoms with E-state index < -0.39 is 0 Å². The van der Waals surface area contributed by atoms with Crippen molar-refractivity contribution in [3.05, 3.63) is 30.1 Å². The smallest absolute Gasteiger partial charge is 0.249 e. The number of hydrogen-bond donors (Lipinski definition) is 0. The van der Waals surface area contributed by atoms with Gasteiger partial charge in [-0.05, 0) is 37.3 Å². The van der Waals surface area contributed by atoms with Gasteiger partial charge in [0.1, 0.15) is 6.61 Å². The second kappa shape index (κ2) is 10.3. The molecule has 1 aliphatic rings. The molecule has 6 nitrogen and oxygen atoms in total. The first-order valence-corrected chi connectivity index (χ1v) is 9.56. The fraction of sp³-hybridized carbons (Fsp3) is 0.650. The molecule has 0 aliphatic carbocycles. The Morgan fingerprint density at radius 1 is 1.38 bits per heavy atom. The number of ether oxygens (including phenoxy) is 1. The van der Waals surface area contributed by atoms with Crippen LogP contribution in [0.15, 0.2) is 24.5 Å². The van der Waals surface area contributed by atoms with E-state index in [-0.39, 0.29) is 30.4 Å². The van der Waals surface area contributed by atoms with Gasteiger partial charge in [-0.1, -0.05) is 19.9 Å². The molecule has 1 atom stereocenters. The molecule has 6 heteroatoms. The van der Waals surface area contributed by atoms with Crippen molar-refractivity contribution in [3.8, 4) is 0 Å². The van der Waals surface area contributed by atoms with Crippen molar-refractivity contribution < 1.29 is 14.3 Å². The third kappa shape index (κ3) is 5.27. The molecule has 1 aromatic heterocycles. The SMILES string of the molecule is CCC(CC)C(=O)N1CCCC(N(Cc2cccnc2)C(=O)COC)C1. The molecule has 1 aliphatic heterocycles. The number of hydrogen-bond acceptors (Lipinski definition) is 4. The number of pyridine rings is 1. The van der Waals surface area contributed by atoms with Crippen LogP contribution in [0.25, 0.3) is 0 Å². The molecule has 2 rings (SSSR count). The van der Waals surface area contributed by atoms with Crippen LogP contribution in [0, 0.1) is 5.92 Å². The number of nitrogens with zero attached hydrogens (tertiary/aromatic N) is 3. The van der Waals surface area contributed by atoms with E-state index in [1.54, 1.807) is 12.4 Å². The summed E-state index contributed by atoms with van der Waals surface area (Å²) in [5, 5.41) is 0. The first-order valence-electron chi connectivity index (χ1n) is 9.56. The third-order valence-corrected chi connectivity index (χ3v) is 5.15. The zero-order chi connectivity index (χ0) is 18.9. The van der Waals surface area contributed by atoms with Crippen LogP contribution in [0.4, 0.5) is 0 Å². The summed E-state index contributed by atoms with van der Waals surface area (Å²) in [5.41, 5.74) is 0.986. The molecule has 1 aromatic rings. The third-order valence-electron chi connectivity index (χ3n) is 5.15. The molecule has 0 saturated carbocycles. The maximum atomic E-state index is 12.8. The molecule has 2 amide bonds. The average molecular weight is 361 g/mol. The molecule has 0 radical (unpaired) electrons. The van der Waals surface area contributed by atoms with E-state index in [2.05, 4.69) is 18.8 Å². The van der Waals surface area contributed by atoms with Crippen molar-refractivity contribution in [2.45, 2.75) is 52.1 Å². The van der Waals surface area contributed by atoms with E-state index in [4.69, 9.17) is 4.74 Å². The normalized spacial score (nSPS) is 17.4. The Morgan fingerprint density at radius 3 is 2.77 bits per heavy atom. The van der Waals surface area contributed by atoms with E-state index in [1.807, 2.05) is 21.9 Å². The first kappa shape index (κ1) is 20.4. The van der Waals surface area contributed by atoms with Crippen LogP contribution >= 0.6 is 0 Å². The number of piperidine rings is 1. The maximum absolute atomic E-state index is 12.8. The summed E-state index contributed by atoms with van der Waals surface area (Å²) in [7, 11) is 1.53. The van der Waals surface area contributed by atoms with Gasteiger partial charge in [0.15, 0.2) is 0 Å². The lowest BCUT2D eigenvalue weighted by Gasteiger charge is -2.40. The highest BCUT2D eigenvalue weighted by Crippen LogP contribution is 2.22. The van der Waals surface area contributed by atoms with Gasteiger partial charge < -0.3 is 14.5 Å². The van der Waals surface area contributed by atoms with Gasteiger partial charge in [-0.25, -0.2) is 0 Å². The minimum Gasteiger partial charge on any atom is -0.375 e. The standard InChI is InChI=1S/C20H31N3O3/c1-4-17(5-2)20(25)22-11-7-9-18(14-22)23(19(24)15-26-3)13-16-8-6-10-21-12-16/h6,8,10,12,17-18H,4-5,7,9,11,13-15H2,1-3H3. The second-order valence-corrected chi connectivity index (χ2v) is 6.91. The summed E-state index contributed by atoms with van der Waals surface area (Å²) in [6, 6.07) is 3.86. The molecule has 144 valence electrons. The van der Waals surface area contributed by atoms with Crippen LogP contribution in [0.5, 0.6) is 0 Å². The Hall–Kier alpha value is -1.95. The Morgan fingerprint density at radius 2 is 2.15 bits per heavy atom. The van der Waals surface area contributed by atoms with Crippen molar-refractivity contribution >= 4 is 11.8 Å². The van der Waals surface area contributed by atoms with Crippen molar-refractivity contribution in [2.24, 2.45) is 5.92 Å². The number of methoxy groups -OCH3 is 1. The number of aromatic nitrogens is 1. The molecule has 0 spiro atoms. The molecule has 0 aromatic carbocycles. The molecule has 1 fully saturated rings. The average Bonchev–Trinajstić information content (AvgIpc) is 2.68. The topological polar surface area (TPSA) is 62.7 Å². The summed E-state index contributed by atoms with van der Waals surface area (Å²) in [4.78, 5) is 33.4. The van der Waals surface area contributed by atoms with Gasteiger partial charge in [0.05, 0.1) is 0 Å². The highest BCUT2D eigenvalue weighted by Gasteiger charge is 2.32. The number of likely N-dealkylation sites (tertiary alicyclic amines) is 1. The molecular formula is C20H31N3O3. The van der Waals surface area contributed by atoms with Gasteiger partial charge in [-0.3, -0.25) is 14.6 Å². The zero-order valence-corrected chi connectivity index (χ0v) is 16.2. The predicted octanol–water partition coefficient (Wildman–Crippen LogP) is 2.48. The zero-order valence-electron chi connectivity index (χ0n) is 16.2. The Kier molecular flexibility index (Phi) is 8.04. The lowest BCUT2D eigenvalue weighted by Crippen LogP contribution is -2.53. The van der Waals surface area contributed by atoms with E-state index in [1.165, 1.54) is 7.11 Å². The van der Waals surface area contributed by atoms with Gasteiger partial charge in [-0.15, -0.1) is 0 Å². The van der Waals surface area contributed by atoms with E-state index in [0.29, 0.717) is 13.1 Å². The first-order chi connectivity index (χ1) is 12.6. The van der Waals surface area contributed by atoms with Gasteiger partial charge in [-0.2, -0.15) is 0 Å². The van der Waals surface area contributed by atoms with Crippen LogP contribution in [-0.2, 0) is 20.9 Å². The van der Waals surface area contributed by atoms with E-state index in [0.717, 1.165) is 37.8 Å². The minimum atomic E-state index is -0.0433. The summed E-state index contributed by atoms with van der Waals surface area (Å²) in [6.07, 6.45) is 7.05. The van der Waals surface area contributed by atoms with Gasteiger partial charge >= 0.3 is 0 Å². The Labute approximate surface area is 156 Å². The lowest BCUT2D eigenvalue weighted by atomic mass is 9.97. The Balaban J connectivity index is 2.13. The van der Waals surface area contributed by atoms with Gasteiger partial charge in [0.2, 0.25) is 11.8 Å². The van der Waals surface area contributed by atoms with Crippen LogP contribution in [0.3, 0.4) is 0 Å². The second-order valence-electron chi connectivity index (χ2n) is 6.91. The molecule has 0 bridgehead atoms. The van der Waals surface area contributed by atoms with Gasteiger partial charge in [0.25, 0.3) is 0 Å². The fourth-order valence-electron chi connectivity index (χ4n) is 3.62. The lowest BCUT2D eigenvalue weighted by molar-refractivity contribution is -0.144. The van der Waals surface area contributed by atoms with Crippen molar-refractivity contribution in [1.82, 2.24) is 14.8 Å². The van der Waals surface area contributed by atoms with Crippen molar-refractivity contribution in [2.75, 3.05) is 26.8 Å². The molecular weight excluding hydrogens is 330 g/mol. The minimum absolute atomic E-state index is 0.0184. The molecule has 1 saturated heterocycles. The predicted molar refractivity (Wildman–Crippen MR) is 100 cm³/mol. The number of amides is 2. The monoisotopic (exact) mass is 361 g/mol. The maximum Gasteiger partial charge on any atom is 0.249 e. The summed E-state index contributed by atoms with van der Waals surface area (Å²) < 4.78 is 5.07. The quantitative estimate of drug-likeness (QED) is 0.714. The number of rotatable bonds is 8. The van der Waals surface area contributed by atoms with Crippen LogP contribution in [0.1, 0.15) is 45.1 Å². The Bertz CT molecular complexity index is 575. The van der Waals surface area contributed by atoms with Crippen molar-refractivity contribution in [1.29, 1.82) is 0 Å². The van der Waals surface area contributed by atoms with Crippen molar-refractivity contribution in [3.63, 3.8) is 0 Å². The summed E-state index contributed by atoms with van der Waals surface area (Å²) >= 11 is 0. The van der Waals surface area contributed by atoms with E-state index in [9.17, 15) is 9.59 Å². The molecule has 1 unspecified atom stereocenters. The van der Waals surface area contributed by atoms with Crippen LogP contribution in [0.2, 0.25) is 0 Å². The molecule has 0 N–H and O–H groups in total. The van der Waals surface area contributed by atoms with Crippen LogP contribution < -0.4 is 0 Å². The number of carbonyl (C=O) groups excluding carboxylic acids is 2.